The van der Waals surface area contributed by atoms with Gasteiger partial charge in [0.15, 0.2) is 11.2 Å². The number of hydrogen-bond donors (Lipinski definition) is 1. The van der Waals surface area contributed by atoms with Gasteiger partial charge in [-0.2, -0.15) is 4.98 Å². The first-order chi connectivity index (χ1) is 13.6. The van der Waals surface area contributed by atoms with Crippen LogP contribution >= 0.6 is 7.60 Å². The van der Waals surface area contributed by atoms with E-state index in [1.165, 1.54) is 12.7 Å². The second kappa shape index (κ2) is 10.1. The topological polar surface area (TPSA) is 124 Å². The highest BCUT2D eigenvalue weighted by molar-refractivity contribution is 7.53. The van der Waals surface area contributed by atoms with E-state index in [2.05, 4.69) is 19.9 Å². The lowest BCUT2D eigenvalue weighted by Gasteiger charge is -2.22. The molecule has 2 rings (SSSR count). The van der Waals surface area contributed by atoms with E-state index in [-0.39, 0.29) is 42.3 Å². The smallest absolute Gasteiger partial charge is 0.356 e. The Morgan fingerprint density at radius 1 is 1.28 bits per heavy atom. The van der Waals surface area contributed by atoms with Crippen molar-refractivity contribution in [3.05, 3.63) is 16.7 Å². The Labute approximate surface area is 169 Å². The van der Waals surface area contributed by atoms with Gasteiger partial charge in [0.1, 0.15) is 6.35 Å². The van der Waals surface area contributed by atoms with Crippen LogP contribution in [0.15, 0.2) is 16.1 Å². The molecule has 0 radical (unpaired) electrons. The normalized spacial score (nSPS) is 12.7. The Morgan fingerprint density at radius 3 is 2.52 bits per heavy atom. The first-order valence-electron chi connectivity index (χ1n) is 9.29. The molecule has 0 aliphatic heterocycles. The molecule has 11 nitrogen and oxygen atoms in total. The lowest BCUT2D eigenvalue weighted by Crippen LogP contribution is -2.16. The minimum atomic E-state index is -3.37. The molecule has 0 atom stereocenters. The molecule has 0 aliphatic rings. The molecular weight excluding hydrogens is 399 g/mol. The lowest BCUT2D eigenvalue weighted by atomic mass is 10.5. The quantitative estimate of drug-likeness (QED) is 0.250. The van der Waals surface area contributed by atoms with Gasteiger partial charge in [-0.1, -0.05) is 0 Å². The minimum absolute atomic E-state index is 0.173. The van der Waals surface area contributed by atoms with Crippen LogP contribution in [0.3, 0.4) is 0 Å². The van der Waals surface area contributed by atoms with Crippen molar-refractivity contribution in [1.82, 2.24) is 24.4 Å². The molecule has 0 aromatic carbocycles. The fourth-order valence-corrected chi connectivity index (χ4v) is 4.25. The van der Waals surface area contributed by atoms with E-state index >= 15 is 0 Å². The van der Waals surface area contributed by atoms with E-state index in [0.717, 1.165) is 0 Å². The van der Waals surface area contributed by atoms with Crippen LogP contribution in [0.2, 0.25) is 0 Å². The number of aromatic nitrogens is 4. The van der Waals surface area contributed by atoms with Crippen molar-refractivity contribution in [2.45, 2.75) is 46.4 Å². The van der Waals surface area contributed by atoms with E-state index in [1.807, 2.05) is 14.1 Å². The molecule has 0 saturated heterocycles. The zero-order valence-corrected chi connectivity index (χ0v) is 18.5. The third-order valence-electron chi connectivity index (χ3n) is 3.35. The van der Waals surface area contributed by atoms with Crippen LogP contribution in [0.1, 0.15) is 27.7 Å². The summed E-state index contributed by atoms with van der Waals surface area (Å²) in [4.78, 5) is 29.2. The predicted molar refractivity (Wildman–Crippen MR) is 111 cm³/mol. The summed E-state index contributed by atoms with van der Waals surface area (Å²) in [6.07, 6.45) is 2.36. The molecule has 2 aromatic rings. The second-order valence-electron chi connectivity index (χ2n) is 7.16. The van der Waals surface area contributed by atoms with Crippen molar-refractivity contribution in [1.29, 1.82) is 0 Å². The van der Waals surface area contributed by atoms with E-state index < -0.39 is 7.60 Å². The van der Waals surface area contributed by atoms with Crippen molar-refractivity contribution in [2.75, 3.05) is 27.1 Å². The Morgan fingerprint density at radius 2 is 1.93 bits per heavy atom. The molecule has 12 heteroatoms. The standard InChI is InChI=1S/C17H29N6O5P/c1-12(2)27-29(25,28-13(3)4)11-26-8-7-23-10-18-15-14(23)16(24)21-17(20-15)19-9-22(5)6/h9-10,12-13H,7-8,11H2,1-6H3,(H,20,21,24)/b19-9+. The minimum Gasteiger partial charge on any atom is -0.369 e. The average Bonchev–Trinajstić information content (AvgIpc) is 2.99. The Bertz CT molecular complexity index is 922. The SMILES string of the molecule is CC(C)OP(=O)(COCCn1cnc2nc(/N=C/N(C)C)[nH]c(=O)c21)OC(C)C. The zero-order chi connectivity index (χ0) is 21.6. The lowest BCUT2D eigenvalue weighted by molar-refractivity contribution is 0.0961. The molecule has 0 unspecified atom stereocenters. The van der Waals surface area contributed by atoms with Gasteiger partial charge in [0, 0.05) is 20.6 Å². The Balaban J connectivity index is 2.04. The van der Waals surface area contributed by atoms with Gasteiger partial charge in [0.05, 0.1) is 31.5 Å². The molecule has 0 spiro atoms. The zero-order valence-electron chi connectivity index (χ0n) is 17.7. The maximum atomic E-state index is 12.7. The van der Waals surface area contributed by atoms with Crippen LogP contribution in [0, 0.1) is 0 Å². The van der Waals surface area contributed by atoms with Gasteiger partial charge >= 0.3 is 7.60 Å². The van der Waals surface area contributed by atoms with Crippen LogP contribution in [-0.4, -0.2) is 70.0 Å². The number of rotatable bonds is 11. The number of fused-ring (bicyclic) bond motifs is 1. The van der Waals surface area contributed by atoms with Gasteiger partial charge < -0.3 is 23.3 Å². The number of nitrogens with zero attached hydrogens (tertiary/aromatic N) is 5. The number of hydrogen-bond acceptors (Lipinski definition) is 8. The monoisotopic (exact) mass is 428 g/mol. The van der Waals surface area contributed by atoms with Crippen LogP contribution in [-0.2, 0) is 24.9 Å². The van der Waals surface area contributed by atoms with E-state index in [4.69, 9.17) is 13.8 Å². The van der Waals surface area contributed by atoms with Crippen molar-refractivity contribution in [3.63, 3.8) is 0 Å². The van der Waals surface area contributed by atoms with Crippen LogP contribution in [0.25, 0.3) is 11.2 Å². The highest BCUT2D eigenvalue weighted by Crippen LogP contribution is 2.50. The van der Waals surface area contributed by atoms with Gasteiger partial charge in [-0.25, -0.2) is 9.98 Å². The molecule has 1 N–H and O–H groups in total. The maximum absolute atomic E-state index is 12.7. The summed E-state index contributed by atoms with van der Waals surface area (Å²) in [7, 11) is 0.258. The van der Waals surface area contributed by atoms with Crippen LogP contribution < -0.4 is 5.56 Å². The largest absolute Gasteiger partial charge is 0.369 e. The van der Waals surface area contributed by atoms with Gasteiger partial charge in [-0.15, -0.1) is 0 Å². The number of imidazole rings is 1. The third-order valence-corrected chi connectivity index (χ3v) is 5.33. The number of aliphatic imine (C=N–C) groups is 1. The molecule has 0 fully saturated rings. The summed E-state index contributed by atoms with van der Waals surface area (Å²) in [5.74, 6) is 0.176. The fourth-order valence-electron chi connectivity index (χ4n) is 2.44. The van der Waals surface area contributed by atoms with E-state index in [1.54, 1.807) is 37.2 Å². The highest BCUT2D eigenvalue weighted by Gasteiger charge is 2.28. The number of nitrogens with one attached hydrogen (secondary N) is 1. The fraction of sp³-hybridized carbons (Fsp3) is 0.647. The van der Waals surface area contributed by atoms with E-state index in [0.29, 0.717) is 12.1 Å². The third kappa shape index (κ3) is 7.04. The highest BCUT2D eigenvalue weighted by atomic mass is 31.2. The van der Waals surface area contributed by atoms with Crippen molar-refractivity contribution >= 4 is 31.0 Å². The van der Waals surface area contributed by atoms with Gasteiger partial charge in [0.2, 0.25) is 5.95 Å². The first-order valence-corrected chi connectivity index (χ1v) is 11.0. The number of aromatic amines is 1. The van der Waals surface area contributed by atoms with Crippen molar-refractivity contribution in [2.24, 2.45) is 4.99 Å². The summed E-state index contributed by atoms with van der Waals surface area (Å²) in [5, 5.41) is 0. The van der Waals surface area contributed by atoms with Crippen molar-refractivity contribution < 1.29 is 18.3 Å². The Hall–Kier alpha value is -2.07. The summed E-state index contributed by atoms with van der Waals surface area (Å²) in [6, 6.07) is 0. The van der Waals surface area contributed by atoms with Crippen LogP contribution in [0.5, 0.6) is 0 Å². The molecule has 0 saturated carbocycles. The molecule has 0 bridgehead atoms. The van der Waals surface area contributed by atoms with Crippen LogP contribution in [0.4, 0.5) is 5.95 Å². The number of H-pyrrole nitrogens is 1. The summed E-state index contributed by atoms with van der Waals surface area (Å²) >= 11 is 0. The summed E-state index contributed by atoms with van der Waals surface area (Å²) in [5.41, 5.74) is 0.254. The molecule has 162 valence electrons. The molecule has 0 aliphatic carbocycles. The maximum Gasteiger partial charge on any atom is 0.356 e. The first kappa shape index (κ1) is 23.2. The predicted octanol–water partition coefficient (Wildman–Crippen LogP) is 2.36. The molecule has 29 heavy (non-hydrogen) atoms. The molecular formula is C17H29N6O5P. The van der Waals surface area contributed by atoms with Crippen molar-refractivity contribution in [3.8, 4) is 0 Å². The molecule has 0 amide bonds. The Kier molecular flexibility index (Phi) is 8.09. The van der Waals surface area contributed by atoms with Gasteiger partial charge in [-0.3, -0.25) is 14.3 Å². The summed E-state index contributed by atoms with van der Waals surface area (Å²) < 4.78 is 30.8. The summed E-state index contributed by atoms with van der Waals surface area (Å²) in [6.45, 7) is 7.64. The van der Waals surface area contributed by atoms with E-state index in [9.17, 15) is 9.36 Å². The van der Waals surface area contributed by atoms with Gasteiger partial charge in [0.25, 0.3) is 5.56 Å². The second-order valence-corrected chi connectivity index (χ2v) is 9.07. The van der Waals surface area contributed by atoms with Gasteiger partial charge in [-0.05, 0) is 27.7 Å². The number of ether oxygens (including phenoxy) is 1. The average molecular weight is 428 g/mol. The molecule has 2 aromatic heterocycles. The molecule has 2 heterocycles.